The van der Waals surface area contributed by atoms with Gasteiger partial charge in [0.2, 0.25) is 10.0 Å². The van der Waals surface area contributed by atoms with Gasteiger partial charge in [-0.25, -0.2) is 13.2 Å². The standard InChI is InChI=1S/C24H31ClN2O5S/c1-6-26(7-2)33(30,31)21-15-19(13-14-20(21)25)23(29)32-17-22(28)27(24(3,4)5)16-18-11-9-8-10-12-18/h8-15H,6-7,16-17H2,1-5H3. The Morgan fingerprint density at radius 3 is 2.15 bits per heavy atom. The highest BCUT2D eigenvalue weighted by molar-refractivity contribution is 7.89. The number of amides is 1. The normalized spacial score (nSPS) is 12.0. The number of benzene rings is 2. The first kappa shape index (κ1) is 26.8. The monoisotopic (exact) mass is 494 g/mol. The first-order valence-corrected chi connectivity index (χ1v) is 12.5. The van der Waals surface area contributed by atoms with Crippen molar-refractivity contribution in [3.8, 4) is 0 Å². The van der Waals surface area contributed by atoms with E-state index >= 15 is 0 Å². The van der Waals surface area contributed by atoms with Crippen molar-refractivity contribution in [2.75, 3.05) is 19.7 Å². The highest BCUT2D eigenvalue weighted by Gasteiger charge is 2.29. The second-order valence-electron chi connectivity index (χ2n) is 8.45. The zero-order chi connectivity index (χ0) is 24.8. The van der Waals surface area contributed by atoms with Crippen LogP contribution in [0.15, 0.2) is 53.4 Å². The molecule has 0 saturated carbocycles. The number of sulfonamides is 1. The molecule has 0 bridgehead atoms. The Morgan fingerprint density at radius 2 is 1.61 bits per heavy atom. The molecule has 0 aliphatic rings. The van der Waals surface area contributed by atoms with Crippen LogP contribution in [-0.2, 0) is 26.1 Å². The third-order valence-electron chi connectivity index (χ3n) is 5.11. The Morgan fingerprint density at radius 1 is 1.00 bits per heavy atom. The van der Waals surface area contributed by atoms with Crippen LogP contribution in [0.1, 0.15) is 50.5 Å². The minimum absolute atomic E-state index is 0.00305. The Hall–Kier alpha value is -2.42. The first-order chi connectivity index (χ1) is 15.4. The maximum Gasteiger partial charge on any atom is 0.338 e. The minimum Gasteiger partial charge on any atom is -0.452 e. The Labute approximate surface area is 201 Å². The molecule has 0 N–H and O–H groups in total. The number of ether oxygens (including phenoxy) is 1. The van der Waals surface area contributed by atoms with E-state index in [1.165, 1.54) is 22.5 Å². The predicted octanol–water partition coefficient (Wildman–Crippen LogP) is 4.35. The van der Waals surface area contributed by atoms with E-state index < -0.39 is 28.1 Å². The molecule has 7 nitrogen and oxygen atoms in total. The maximum atomic E-state index is 12.9. The molecule has 0 aliphatic carbocycles. The molecule has 2 aromatic rings. The molecule has 0 unspecified atom stereocenters. The molecule has 0 saturated heterocycles. The van der Waals surface area contributed by atoms with Gasteiger partial charge in [0.25, 0.3) is 5.91 Å². The summed E-state index contributed by atoms with van der Waals surface area (Å²) in [5.74, 6) is -1.16. The van der Waals surface area contributed by atoms with E-state index in [1.54, 1.807) is 18.7 Å². The maximum absolute atomic E-state index is 12.9. The molecule has 1 amide bonds. The molecule has 0 aliphatic heterocycles. The number of hydrogen-bond donors (Lipinski definition) is 0. The third kappa shape index (κ3) is 6.79. The Balaban J connectivity index is 2.18. The fourth-order valence-electron chi connectivity index (χ4n) is 3.28. The highest BCUT2D eigenvalue weighted by Crippen LogP contribution is 2.26. The van der Waals surface area contributed by atoms with Gasteiger partial charge in [-0.3, -0.25) is 4.79 Å². The van der Waals surface area contributed by atoms with Crippen LogP contribution in [0, 0.1) is 0 Å². The molecule has 0 atom stereocenters. The van der Waals surface area contributed by atoms with E-state index in [-0.39, 0.29) is 34.5 Å². The van der Waals surface area contributed by atoms with Crippen molar-refractivity contribution in [2.45, 2.75) is 51.6 Å². The van der Waals surface area contributed by atoms with Gasteiger partial charge in [0.1, 0.15) is 4.90 Å². The summed E-state index contributed by atoms with van der Waals surface area (Å²) in [7, 11) is -3.87. The topological polar surface area (TPSA) is 84.0 Å². The van der Waals surface area contributed by atoms with Crippen LogP contribution in [0.3, 0.4) is 0 Å². The molecule has 9 heteroatoms. The van der Waals surface area contributed by atoms with Crippen molar-refractivity contribution in [2.24, 2.45) is 0 Å². The number of carbonyl (C=O) groups excluding carboxylic acids is 2. The zero-order valence-corrected chi connectivity index (χ0v) is 21.2. The van der Waals surface area contributed by atoms with Crippen LogP contribution < -0.4 is 0 Å². The van der Waals surface area contributed by atoms with Gasteiger partial charge in [0, 0.05) is 25.2 Å². The Kier molecular flexibility index (Phi) is 9.05. The fourth-order valence-corrected chi connectivity index (χ4v) is 5.24. The van der Waals surface area contributed by atoms with Crippen LogP contribution in [0.2, 0.25) is 5.02 Å². The largest absolute Gasteiger partial charge is 0.452 e. The highest BCUT2D eigenvalue weighted by atomic mass is 35.5. The molecular weight excluding hydrogens is 464 g/mol. The van der Waals surface area contributed by atoms with Crippen LogP contribution in [0.4, 0.5) is 0 Å². The number of rotatable bonds is 9. The van der Waals surface area contributed by atoms with Crippen molar-refractivity contribution >= 4 is 33.5 Å². The minimum atomic E-state index is -3.87. The van der Waals surface area contributed by atoms with Crippen molar-refractivity contribution in [3.05, 3.63) is 64.7 Å². The summed E-state index contributed by atoms with van der Waals surface area (Å²) in [5, 5.41) is 0.0105. The lowest BCUT2D eigenvalue weighted by Crippen LogP contribution is -2.46. The van der Waals surface area contributed by atoms with E-state index in [0.29, 0.717) is 6.54 Å². The SMILES string of the molecule is CCN(CC)S(=O)(=O)c1cc(C(=O)OCC(=O)N(Cc2ccccc2)C(C)(C)C)ccc1Cl. The summed E-state index contributed by atoms with van der Waals surface area (Å²) in [6, 6.07) is 13.4. The third-order valence-corrected chi connectivity index (χ3v) is 7.64. The van der Waals surface area contributed by atoms with E-state index in [4.69, 9.17) is 16.3 Å². The van der Waals surface area contributed by atoms with E-state index in [9.17, 15) is 18.0 Å². The molecule has 180 valence electrons. The van der Waals surface area contributed by atoms with Gasteiger partial charge in [-0.2, -0.15) is 4.31 Å². The number of nitrogens with zero attached hydrogens (tertiary/aromatic N) is 2. The summed E-state index contributed by atoms with van der Waals surface area (Å²) in [4.78, 5) is 27.0. The summed E-state index contributed by atoms with van der Waals surface area (Å²) in [5.41, 5.74) is 0.462. The molecule has 2 rings (SSSR count). The van der Waals surface area contributed by atoms with E-state index in [2.05, 4.69) is 0 Å². The molecule has 0 fully saturated rings. The Bertz CT molecular complexity index is 1080. The quantitative estimate of drug-likeness (QED) is 0.484. The second-order valence-corrected chi connectivity index (χ2v) is 10.8. The second kappa shape index (κ2) is 11.1. The number of hydrogen-bond acceptors (Lipinski definition) is 5. The smallest absolute Gasteiger partial charge is 0.338 e. The average molecular weight is 495 g/mol. The average Bonchev–Trinajstić information content (AvgIpc) is 2.76. The molecule has 0 aromatic heterocycles. The lowest BCUT2D eigenvalue weighted by atomic mass is 10.0. The molecule has 0 spiro atoms. The van der Waals surface area contributed by atoms with Gasteiger partial charge in [-0.15, -0.1) is 0 Å². The van der Waals surface area contributed by atoms with Crippen LogP contribution >= 0.6 is 11.6 Å². The number of carbonyl (C=O) groups is 2. The van der Waals surface area contributed by atoms with Gasteiger partial charge in [0.15, 0.2) is 6.61 Å². The number of halogens is 1. The summed E-state index contributed by atoms with van der Waals surface area (Å²) >= 11 is 6.12. The summed E-state index contributed by atoms with van der Waals surface area (Å²) in [6.45, 7) is 9.57. The van der Waals surface area contributed by atoms with Crippen LogP contribution in [0.25, 0.3) is 0 Å². The lowest BCUT2D eigenvalue weighted by molar-refractivity contribution is -0.140. The molecular formula is C24H31ClN2O5S. The first-order valence-electron chi connectivity index (χ1n) is 10.7. The van der Waals surface area contributed by atoms with Crippen LogP contribution in [-0.4, -0.2) is 54.7 Å². The van der Waals surface area contributed by atoms with Gasteiger partial charge in [0.05, 0.1) is 10.6 Å². The summed E-state index contributed by atoms with van der Waals surface area (Å²) in [6.07, 6.45) is 0. The fraction of sp³-hybridized carbons (Fsp3) is 0.417. The molecule has 0 radical (unpaired) electrons. The lowest BCUT2D eigenvalue weighted by Gasteiger charge is -2.35. The summed E-state index contributed by atoms with van der Waals surface area (Å²) < 4.78 is 32.2. The van der Waals surface area contributed by atoms with E-state index in [0.717, 1.165) is 5.56 Å². The zero-order valence-electron chi connectivity index (χ0n) is 19.7. The predicted molar refractivity (Wildman–Crippen MR) is 129 cm³/mol. The van der Waals surface area contributed by atoms with Crippen molar-refractivity contribution in [1.29, 1.82) is 0 Å². The molecule has 0 heterocycles. The van der Waals surface area contributed by atoms with Crippen molar-refractivity contribution in [3.63, 3.8) is 0 Å². The van der Waals surface area contributed by atoms with Gasteiger partial charge in [-0.05, 0) is 44.5 Å². The van der Waals surface area contributed by atoms with Gasteiger partial charge < -0.3 is 9.64 Å². The van der Waals surface area contributed by atoms with Crippen molar-refractivity contribution in [1.82, 2.24) is 9.21 Å². The molecule has 2 aromatic carbocycles. The van der Waals surface area contributed by atoms with Gasteiger partial charge >= 0.3 is 5.97 Å². The van der Waals surface area contributed by atoms with Crippen molar-refractivity contribution < 1.29 is 22.7 Å². The van der Waals surface area contributed by atoms with E-state index in [1.807, 2.05) is 51.1 Å². The van der Waals surface area contributed by atoms with Crippen LogP contribution in [0.5, 0.6) is 0 Å². The molecule has 33 heavy (non-hydrogen) atoms. The number of esters is 1. The van der Waals surface area contributed by atoms with Gasteiger partial charge in [-0.1, -0.05) is 55.8 Å².